The summed E-state index contributed by atoms with van der Waals surface area (Å²) >= 11 is 0. The summed E-state index contributed by atoms with van der Waals surface area (Å²) in [6.07, 6.45) is 0. The third kappa shape index (κ3) is 4.54. The van der Waals surface area contributed by atoms with Gasteiger partial charge in [-0.25, -0.2) is 4.98 Å². The van der Waals surface area contributed by atoms with Crippen LogP contribution in [0, 0.1) is 20.8 Å². The van der Waals surface area contributed by atoms with Crippen molar-refractivity contribution in [1.82, 2.24) is 14.9 Å². The van der Waals surface area contributed by atoms with Crippen LogP contribution in [0.4, 0.5) is 5.69 Å². The van der Waals surface area contributed by atoms with Crippen LogP contribution in [0.15, 0.2) is 66.7 Å². The van der Waals surface area contributed by atoms with Crippen molar-refractivity contribution in [3.8, 4) is 0 Å². The van der Waals surface area contributed by atoms with Crippen LogP contribution in [0.2, 0.25) is 0 Å². The molecule has 0 fully saturated rings. The van der Waals surface area contributed by atoms with Crippen LogP contribution in [0.5, 0.6) is 0 Å². The molecule has 0 atom stereocenters. The van der Waals surface area contributed by atoms with Gasteiger partial charge < -0.3 is 15.2 Å². The summed E-state index contributed by atoms with van der Waals surface area (Å²) in [5, 5.41) is 5.92. The molecular weight excluding hydrogens is 400 g/mol. The minimum Gasteiger partial charge on any atom is -0.345 e. The minimum atomic E-state index is -0.177. The Kier molecular flexibility index (Phi) is 6.03. The van der Waals surface area contributed by atoms with E-state index in [9.17, 15) is 9.59 Å². The molecule has 4 aromatic rings. The van der Waals surface area contributed by atoms with Crippen LogP contribution < -0.4 is 10.6 Å². The fourth-order valence-corrected chi connectivity index (χ4v) is 3.62. The zero-order valence-corrected chi connectivity index (χ0v) is 18.5. The first-order valence-electron chi connectivity index (χ1n) is 10.6. The van der Waals surface area contributed by atoms with E-state index in [-0.39, 0.29) is 24.9 Å². The van der Waals surface area contributed by atoms with Gasteiger partial charge in [0, 0.05) is 11.3 Å². The number of fused-ring (bicyclic) bond motifs is 1. The monoisotopic (exact) mass is 426 g/mol. The normalized spacial score (nSPS) is 10.8. The lowest BCUT2D eigenvalue weighted by molar-refractivity contribution is -0.116. The Balaban J connectivity index is 1.54. The van der Waals surface area contributed by atoms with Crippen LogP contribution in [-0.2, 0) is 17.9 Å². The van der Waals surface area contributed by atoms with Crippen LogP contribution in [0.3, 0.4) is 0 Å². The smallest absolute Gasteiger partial charge is 0.251 e. The number of amides is 2. The van der Waals surface area contributed by atoms with E-state index in [2.05, 4.69) is 15.6 Å². The van der Waals surface area contributed by atoms with E-state index in [4.69, 9.17) is 0 Å². The summed E-state index contributed by atoms with van der Waals surface area (Å²) in [7, 11) is 0. The van der Waals surface area contributed by atoms with Gasteiger partial charge in [-0.1, -0.05) is 42.0 Å². The Hall–Kier alpha value is -3.93. The van der Waals surface area contributed by atoms with Gasteiger partial charge in [-0.2, -0.15) is 0 Å². The molecule has 1 aromatic heterocycles. The average molecular weight is 427 g/mol. The molecule has 3 aromatic carbocycles. The zero-order chi connectivity index (χ0) is 22.7. The molecule has 32 heavy (non-hydrogen) atoms. The highest BCUT2D eigenvalue weighted by Gasteiger charge is 2.16. The van der Waals surface area contributed by atoms with Gasteiger partial charge in [-0.05, 0) is 62.2 Å². The molecule has 6 nitrogen and oxygen atoms in total. The SMILES string of the molecule is Cc1ccc(C(=O)NCc2nc3ccccc3n2CC(=O)Nc2cccc(C)c2C)cc1. The van der Waals surface area contributed by atoms with E-state index in [0.717, 1.165) is 33.4 Å². The second-order valence-electron chi connectivity index (χ2n) is 7.95. The summed E-state index contributed by atoms with van der Waals surface area (Å²) in [4.78, 5) is 30.1. The molecular formula is C26H26N4O2. The number of anilines is 1. The van der Waals surface area contributed by atoms with Gasteiger partial charge in [0.2, 0.25) is 5.91 Å². The number of carbonyl (C=O) groups excluding carboxylic acids is 2. The van der Waals surface area contributed by atoms with Gasteiger partial charge in [0.15, 0.2) is 0 Å². The molecule has 0 aliphatic rings. The topological polar surface area (TPSA) is 76.0 Å². The van der Waals surface area contributed by atoms with E-state index in [1.54, 1.807) is 12.1 Å². The number of aryl methyl sites for hydroxylation is 2. The van der Waals surface area contributed by atoms with Crippen molar-refractivity contribution in [3.63, 3.8) is 0 Å². The van der Waals surface area contributed by atoms with Crippen molar-refractivity contribution in [1.29, 1.82) is 0 Å². The van der Waals surface area contributed by atoms with Crippen molar-refractivity contribution in [3.05, 3.63) is 94.8 Å². The number of benzene rings is 3. The number of nitrogens with one attached hydrogen (secondary N) is 2. The van der Waals surface area contributed by atoms with Crippen molar-refractivity contribution >= 4 is 28.5 Å². The molecule has 0 saturated carbocycles. The molecule has 2 amide bonds. The van der Waals surface area contributed by atoms with Crippen LogP contribution in [0.25, 0.3) is 11.0 Å². The van der Waals surface area contributed by atoms with Crippen LogP contribution in [0.1, 0.15) is 32.9 Å². The molecule has 162 valence electrons. The zero-order valence-electron chi connectivity index (χ0n) is 18.5. The summed E-state index contributed by atoms with van der Waals surface area (Å²) in [5.74, 6) is 0.305. The van der Waals surface area contributed by atoms with Crippen molar-refractivity contribution in [2.75, 3.05) is 5.32 Å². The minimum absolute atomic E-state index is 0.101. The summed E-state index contributed by atoms with van der Waals surface area (Å²) < 4.78 is 1.85. The maximum atomic E-state index is 12.9. The summed E-state index contributed by atoms with van der Waals surface area (Å²) in [5.41, 5.74) is 6.28. The van der Waals surface area contributed by atoms with Crippen LogP contribution >= 0.6 is 0 Å². The lowest BCUT2D eigenvalue weighted by Gasteiger charge is -2.13. The number of nitrogens with zero attached hydrogens (tertiary/aromatic N) is 2. The second-order valence-corrected chi connectivity index (χ2v) is 7.95. The van der Waals surface area contributed by atoms with Gasteiger partial charge in [0.05, 0.1) is 17.6 Å². The van der Waals surface area contributed by atoms with Crippen molar-refractivity contribution in [2.45, 2.75) is 33.9 Å². The fourth-order valence-electron chi connectivity index (χ4n) is 3.62. The Bertz CT molecular complexity index is 1290. The molecule has 4 rings (SSSR count). The highest BCUT2D eigenvalue weighted by Crippen LogP contribution is 2.20. The summed E-state index contributed by atoms with van der Waals surface area (Å²) in [6.45, 7) is 6.31. The molecule has 1 heterocycles. The lowest BCUT2D eigenvalue weighted by Crippen LogP contribution is -2.26. The molecule has 0 aliphatic heterocycles. The van der Waals surface area contributed by atoms with Gasteiger partial charge in [0.25, 0.3) is 5.91 Å². The molecule has 0 bridgehead atoms. The maximum absolute atomic E-state index is 12.9. The number of imidazole rings is 1. The summed E-state index contributed by atoms with van der Waals surface area (Å²) in [6, 6.07) is 20.9. The highest BCUT2D eigenvalue weighted by molar-refractivity contribution is 5.94. The standard InChI is InChI=1S/C26H26N4O2/c1-17-11-13-20(14-12-17)26(32)27-15-24-28-22-8-4-5-10-23(22)30(24)16-25(31)29-21-9-6-7-18(2)19(21)3/h4-14H,15-16H2,1-3H3,(H,27,32)(H,29,31). The van der Waals surface area contributed by atoms with E-state index >= 15 is 0 Å². The van der Waals surface area contributed by atoms with E-state index < -0.39 is 0 Å². The average Bonchev–Trinajstić information content (AvgIpc) is 3.13. The third-order valence-corrected chi connectivity index (χ3v) is 5.63. The number of hydrogen-bond donors (Lipinski definition) is 2. The van der Waals surface area contributed by atoms with E-state index in [1.165, 1.54) is 0 Å². The Morgan fingerprint density at radius 2 is 1.66 bits per heavy atom. The number of rotatable bonds is 6. The maximum Gasteiger partial charge on any atom is 0.251 e. The largest absolute Gasteiger partial charge is 0.345 e. The quantitative estimate of drug-likeness (QED) is 0.476. The third-order valence-electron chi connectivity index (χ3n) is 5.63. The Labute approximate surface area is 187 Å². The molecule has 0 aliphatic carbocycles. The van der Waals surface area contributed by atoms with E-state index in [1.807, 2.05) is 79.9 Å². The first kappa shape index (κ1) is 21.3. The second kappa shape index (κ2) is 9.06. The Morgan fingerprint density at radius 3 is 2.44 bits per heavy atom. The first-order chi connectivity index (χ1) is 15.4. The highest BCUT2D eigenvalue weighted by atomic mass is 16.2. The van der Waals surface area contributed by atoms with Crippen LogP contribution in [-0.4, -0.2) is 21.4 Å². The van der Waals surface area contributed by atoms with Gasteiger partial charge in [-0.3, -0.25) is 9.59 Å². The van der Waals surface area contributed by atoms with E-state index in [0.29, 0.717) is 11.4 Å². The molecule has 0 unspecified atom stereocenters. The molecule has 0 radical (unpaired) electrons. The van der Waals surface area contributed by atoms with Crippen molar-refractivity contribution in [2.24, 2.45) is 0 Å². The molecule has 0 spiro atoms. The van der Waals surface area contributed by atoms with Gasteiger partial charge in [0.1, 0.15) is 12.4 Å². The molecule has 0 saturated heterocycles. The Morgan fingerprint density at radius 1 is 0.906 bits per heavy atom. The predicted octanol–water partition coefficient (Wildman–Crippen LogP) is 4.53. The fraction of sp³-hybridized carbons (Fsp3) is 0.192. The van der Waals surface area contributed by atoms with Gasteiger partial charge >= 0.3 is 0 Å². The number of hydrogen-bond acceptors (Lipinski definition) is 3. The van der Waals surface area contributed by atoms with Crippen molar-refractivity contribution < 1.29 is 9.59 Å². The number of carbonyl (C=O) groups is 2. The first-order valence-corrected chi connectivity index (χ1v) is 10.6. The molecule has 2 N–H and O–H groups in total. The number of aromatic nitrogens is 2. The number of para-hydroxylation sites is 2. The lowest BCUT2D eigenvalue weighted by atomic mass is 10.1. The van der Waals surface area contributed by atoms with Gasteiger partial charge in [-0.15, -0.1) is 0 Å². The predicted molar refractivity (Wildman–Crippen MR) is 127 cm³/mol. The molecule has 6 heteroatoms.